The molecule has 188 valence electrons. The van der Waals surface area contributed by atoms with Crippen LogP contribution in [-0.2, 0) is 27.0 Å². The molecule has 0 aliphatic carbocycles. The van der Waals surface area contributed by atoms with Gasteiger partial charge in [0.2, 0.25) is 0 Å². The molecule has 1 unspecified atom stereocenters. The fourth-order valence-corrected chi connectivity index (χ4v) is 2.94. The van der Waals surface area contributed by atoms with Crippen LogP contribution in [0.1, 0.15) is 45.7 Å². The average Bonchev–Trinajstić information content (AvgIpc) is 2.72. The summed E-state index contributed by atoms with van der Waals surface area (Å²) >= 11 is 0. The molecule has 0 aliphatic rings. The van der Waals surface area contributed by atoms with Crippen LogP contribution < -0.4 is 15.6 Å². The topological polar surface area (TPSA) is 91.7 Å². The summed E-state index contributed by atoms with van der Waals surface area (Å²) in [5.41, 5.74) is -3.21. The Labute approximate surface area is 196 Å². The third-order valence-electron chi connectivity index (χ3n) is 4.56. The number of hydrogen-bond acceptors (Lipinski definition) is 7. The molecule has 0 fully saturated rings. The third kappa shape index (κ3) is 7.75. The van der Waals surface area contributed by atoms with Crippen molar-refractivity contribution in [3.05, 3.63) is 51.9 Å². The number of benzene rings is 1. The van der Waals surface area contributed by atoms with Gasteiger partial charge < -0.3 is 19.5 Å². The minimum absolute atomic E-state index is 0.105. The number of halogens is 3. The molecule has 0 bridgehead atoms. The number of esters is 1. The highest BCUT2D eigenvalue weighted by molar-refractivity contribution is 5.74. The van der Waals surface area contributed by atoms with Gasteiger partial charge in [0.1, 0.15) is 16.9 Å². The van der Waals surface area contributed by atoms with Gasteiger partial charge in [0.15, 0.2) is 6.10 Å². The fourth-order valence-electron chi connectivity index (χ4n) is 2.94. The van der Waals surface area contributed by atoms with Crippen molar-refractivity contribution in [3.8, 4) is 5.75 Å². The van der Waals surface area contributed by atoms with Gasteiger partial charge in [-0.15, -0.1) is 0 Å². The number of aromatic nitrogens is 2. The van der Waals surface area contributed by atoms with E-state index in [1.807, 2.05) is 0 Å². The van der Waals surface area contributed by atoms with Crippen molar-refractivity contribution in [1.82, 2.24) is 9.78 Å². The van der Waals surface area contributed by atoms with Gasteiger partial charge in [-0.05, 0) is 52.3 Å². The number of anilines is 1. The number of methoxy groups -OCH3 is 1. The van der Waals surface area contributed by atoms with Crippen LogP contribution in [0.3, 0.4) is 0 Å². The highest BCUT2D eigenvalue weighted by atomic mass is 19.4. The number of carbonyl (C=O) groups excluding carboxylic acids is 1. The Kier molecular flexibility index (Phi) is 8.71. The van der Waals surface area contributed by atoms with Gasteiger partial charge in [-0.2, -0.15) is 18.3 Å². The second-order valence-electron chi connectivity index (χ2n) is 8.80. The largest absolute Gasteiger partial charge is 0.497 e. The summed E-state index contributed by atoms with van der Waals surface area (Å²) in [5.74, 6) is -0.00439. The van der Waals surface area contributed by atoms with E-state index >= 15 is 0 Å². The zero-order valence-electron chi connectivity index (χ0n) is 20.0. The van der Waals surface area contributed by atoms with Crippen LogP contribution in [0.4, 0.5) is 18.9 Å². The molecule has 1 N–H and O–H groups in total. The molecule has 2 rings (SSSR count). The van der Waals surface area contributed by atoms with E-state index in [1.54, 1.807) is 52.0 Å². The smallest absolute Gasteiger partial charge is 0.423 e. The van der Waals surface area contributed by atoms with E-state index in [9.17, 15) is 22.8 Å². The lowest BCUT2D eigenvalue weighted by Crippen LogP contribution is -2.36. The summed E-state index contributed by atoms with van der Waals surface area (Å²) in [6.07, 6.45) is -4.86. The Bertz CT molecular complexity index is 1030. The van der Waals surface area contributed by atoms with Crippen LogP contribution in [0.5, 0.6) is 5.75 Å². The molecule has 0 saturated heterocycles. The van der Waals surface area contributed by atoms with Crippen molar-refractivity contribution in [2.24, 2.45) is 0 Å². The number of nitrogens with zero attached hydrogens (tertiary/aromatic N) is 2. The minimum Gasteiger partial charge on any atom is -0.497 e. The van der Waals surface area contributed by atoms with Gasteiger partial charge in [0.05, 0.1) is 32.1 Å². The van der Waals surface area contributed by atoms with Crippen LogP contribution >= 0.6 is 0 Å². The van der Waals surface area contributed by atoms with Crippen LogP contribution in [0.25, 0.3) is 0 Å². The maximum Gasteiger partial charge on any atom is 0.423 e. The normalized spacial score (nSPS) is 13.8. The maximum atomic E-state index is 13.8. The molecule has 0 saturated carbocycles. The van der Waals surface area contributed by atoms with Crippen LogP contribution in [0, 0.1) is 0 Å². The molecule has 1 aromatic heterocycles. The summed E-state index contributed by atoms with van der Waals surface area (Å²) in [6, 6.07) is 5.89. The van der Waals surface area contributed by atoms with Gasteiger partial charge >= 0.3 is 12.1 Å². The van der Waals surface area contributed by atoms with E-state index in [4.69, 9.17) is 14.2 Å². The molecule has 1 heterocycles. The summed E-state index contributed by atoms with van der Waals surface area (Å²) in [5, 5.41) is 6.52. The SMILES string of the molecule is COc1ccc(Cn2ncc(N[C@@H](C)COC(C)C(=O)OC(C)(C)C)c(C(F)(F)F)c2=O)cc1. The van der Waals surface area contributed by atoms with E-state index in [0.29, 0.717) is 11.3 Å². The fraction of sp³-hybridized carbons (Fsp3) is 0.522. The highest BCUT2D eigenvalue weighted by Crippen LogP contribution is 2.32. The standard InChI is InChI=1S/C23H30F3N3O5/c1-14(13-33-15(2)21(31)34-22(3,4)5)28-18-11-27-29(20(30)19(18)23(24,25)26)12-16-7-9-17(32-6)10-8-16/h7-11,14-15,28H,12-13H2,1-6H3/t14-,15?/m0/s1. The van der Waals surface area contributed by atoms with Crippen molar-refractivity contribution >= 4 is 11.7 Å². The van der Waals surface area contributed by atoms with E-state index in [0.717, 1.165) is 10.9 Å². The van der Waals surface area contributed by atoms with Gasteiger partial charge in [-0.1, -0.05) is 12.1 Å². The Morgan fingerprint density at radius 1 is 1.15 bits per heavy atom. The van der Waals surface area contributed by atoms with E-state index < -0.39 is 46.7 Å². The number of rotatable bonds is 9. The molecule has 34 heavy (non-hydrogen) atoms. The zero-order chi connectivity index (χ0) is 25.7. The molecule has 2 atom stereocenters. The predicted octanol–water partition coefficient (Wildman–Crippen LogP) is 3.87. The number of carbonyl (C=O) groups is 1. The lowest BCUT2D eigenvalue weighted by molar-refractivity contribution is -0.167. The number of alkyl halides is 3. The average molecular weight is 486 g/mol. The molecule has 0 aliphatic heterocycles. The van der Waals surface area contributed by atoms with Crippen molar-refractivity contribution in [2.75, 3.05) is 19.0 Å². The lowest BCUT2D eigenvalue weighted by atomic mass is 10.2. The Balaban J connectivity index is 2.16. The number of hydrogen-bond donors (Lipinski definition) is 1. The van der Waals surface area contributed by atoms with Gasteiger partial charge in [0.25, 0.3) is 5.56 Å². The minimum atomic E-state index is -4.91. The predicted molar refractivity (Wildman–Crippen MR) is 120 cm³/mol. The first kappa shape index (κ1) is 27.2. The van der Waals surface area contributed by atoms with Gasteiger partial charge in [-0.25, -0.2) is 9.48 Å². The quantitative estimate of drug-likeness (QED) is 0.539. The Morgan fingerprint density at radius 3 is 2.29 bits per heavy atom. The first-order chi connectivity index (χ1) is 15.7. The van der Waals surface area contributed by atoms with Gasteiger partial charge in [-0.3, -0.25) is 4.79 Å². The van der Waals surface area contributed by atoms with Crippen molar-refractivity contribution < 1.29 is 32.2 Å². The molecule has 0 spiro atoms. The Hall–Kier alpha value is -3.08. The number of ether oxygens (including phenoxy) is 3. The number of nitrogens with one attached hydrogen (secondary N) is 1. The molecule has 8 nitrogen and oxygen atoms in total. The third-order valence-corrected chi connectivity index (χ3v) is 4.56. The summed E-state index contributed by atoms with van der Waals surface area (Å²) in [4.78, 5) is 24.7. The molecular weight excluding hydrogens is 455 g/mol. The monoisotopic (exact) mass is 485 g/mol. The summed E-state index contributed by atoms with van der Waals surface area (Å²) in [6.45, 7) is 7.94. The summed E-state index contributed by atoms with van der Waals surface area (Å²) < 4.78 is 57.7. The van der Waals surface area contributed by atoms with Gasteiger partial charge in [0, 0.05) is 6.04 Å². The first-order valence-electron chi connectivity index (χ1n) is 10.6. The maximum absolute atomic E-state index is 13.8. The first-order valence-corrected chi connectivity index (χ1v) is 10.6. The highest BCUT2D eigenvalue weighted by Gasteiger charge is 2.38. The second-order valence-corrected chi connectivity index (χ2v) is 8.80. The van der Waals surface area contributed by atoms with Crippen LogP contribution in [0.2, 0.25) is 0 Å². The van der Waals surface area contributed by atoms with E-state index in [-0.39, 0.29) is 13.2 Å². The zero-order valence-corrected chi connectivity index (χ0v) is 20.0. The van der Waals surface area contributed by atoms with Crippen molar-refractivity contribution in [2.45, 2.75) is 65.1 Å². The molecular formula is C23H30F3N3O5. The molecule has 11 heteroatoms. The van der Waals surface area contributed by atoms with Crippen molar-refractivity contribution in [1.29, 1.82) is 0 Å². The lowest BCUT2D eigenvalue weighted by Gasteiger charge is -2.24. The molecule has 2 aromatic rings. The van der Waals surface area contributed by atoms with Crippen molar-refractivity contribution in [3.63, 3.8) is 0 Å². The van der Waals surface area contributed by atoms with E-state index in [1.165, 1.54) is 14.0 Å². The van der Waals surface area contributed by atoms with E-state index in [2.05, 4.69) is 10.4 Å². The molecule has 0 amide bonds. The van der Waals surface area contributed by atoms with Crippen LogP contribution in [-0.4, -0.2) is 47.2 Å². The molecule has 1 aromatic carbocycles. The Morgan fingerprint density at radius 2 is 1.76 bits per heavy atom. The van der Waals surface area contributed by atoms with Crippen LogP contribution in [0.15, 0.2) is 35.3 Å². The second kappa shape index (κ2) is 10.9. The molecule has 0 radical (unpaired) electrons. The summed E-state index contributed by atoms with van der Waals surface area (Å²) in [7, 11) is 1.49.